The molecule has 0 heterocycles. The van der Waals surface area contributed by atoms with Gasteiger partial charge in [0, 0.05) is 13.1 Å². The number of nitrogens with one attached hydrogen (secondary N) is 1. The van der Waals surface area contributed by atoms with Crippen molar-refractivity contribution in [2.75, 3.05) is 20.3 Å². The Morgan fingerprint density at radius 3 is 2.36 bits per heavy atom. The summed E-state index contributed by atoms with van der Waals surface area (Å²) in [5, 5.41) is 2.98. The molecule has 0 bridgehead atoms. The van der Waals surface area contributed by atoms with E-state index in [9.17, 15) is 9.59 Å². The minimum atomic E-state index is -0.569. The van der Waals surface area contributed by atoms with Crippen molar-refractivity contribution in [3.8, 4) is 11.5 Å². The monoisotopic (exact) mass is 454 g/mol. The van der Waals surface area contributed by atoms with E-state index in [2.05, 4.69) is 18.3 Å². The lowest BCUT2D eigenvalue weighted by molar-refractivity contribution is -0.143. The summed E-state index contributed by atoms with van der Waals surface area (Å²) < 4.78 is 11.2. The van der Waals surface area contributed by atoms with Crippen molar-refractivity contribution in [1.82, 2.24) is 10.2 Å². The van der Waals surface area contributed by atoms with Crippen molar-refractivity contribution in [2.24, 2.45) is 0 Å². The summed E-state index contributed by atoms with van der Waals surface area (Å²) in [7, 11) is 1.62. The number of carbonyl (C=O) groups is 2. The average molecular weight is 455 g/mol. The molecule has 0 aliphatic heterocycles. The first-order valence-corrected chi connectivity index (χ1v) is 11.7. The minimum absolute atomic E-state index is 0.126. The lowest BCUT2D eigenvalue weighted by Gasteiger charge is -2.30. The van der Waals surface area contributed by atoms with Crippen molar-refractivity contribution >= 4 is 11.8 Å². The molecule has 180 valence electrons. The van der Waals surface area contributed by atoms with Gasteiger partial charge in [-0.25, -0.2) is 0 Å². The summed E-state index contributed by atoms with van der Waals surface area (Å²) in [5.41, 5.74) is 4.14. The number of unbranched alkanes of at least 4 members (excludes halogenated alkanes) is 1. The number of benzene rings is 2. The number of rotatable bonds is 12. The average Bonchev–Trinajstić information content (AvgIpc) is 2.80. The van der Waals surface area contributed by atoms with Crippen LogP contribution in [0.15, 0.2) is 36.4 Å². The van der Waals surface area contributed by atoms with Crippen LogP contribution in [0.3, 0.4) is 0 Å². The fourth-order valence-corrected chi connectivity index (χ4v) is 3.73. The summed E-state index contributed by atoms with van der Waals surface area (Å²) in [5.74, 6) is 1.09. The Morgan fingerprint density at radius 1 is 1.06 bits per heavy atom. The highest BCUT2D eigenvalue weighted by molar-refractivity contribution is 5.88. The molecule has 2 rings (SSSR count). The molecule has 0 aliphatic carbocycles. The first kappa shape index (κ1) is 26.2. The highest BCUT2D eigenvalue weighted by Crippen LogP contribution is 2.24. The van der Waals surface area contributed by atoms with Crippen LogP contribution in [0.25, 0.3) is 0 Å². The second-order valence-electron chi connectivity index (χ2n) is 8.43. The molecule has 0 aromatic heterocycles. The fraction of sp³-hybridized carbons (Fsp3) is 0.481. The van der Waals surface area contributed by atoms with E-state index in [-0.39, 0.29) is 18.4 Å². The first-order valence-electron chi connectivity index (χ1n) is 11.7. The van der Waals surface area contributed by atoms with Gasteiger partial charge in [0.15, 0.2) is 6.61 Å². The molecule has 0 fully saturated rings. The van der Waals surface area contributed by atoms with Gasteiger partial charge in [-0.1, -0.05) is 38.5 Å². The Morgan fingerprint density at radius 2 is 1.76 bits per heavy atom. The molecule has 0 saturated carbocycles. The lowest BCUT2D eigenvalue weighted by atomic mass is 10.1. The van der Waals surface area contributed by atoms with Crippen molar-refractivity contribution in [1.29, 1.82) is 0 Å². The number of amides is 2. The number of hydrogen-bond donors (Lipinski definition) is 1. The van der Waals surface area contributed by atoms with Crippen LogP contribution in [0.2, 0.25) is 0 Å². The molecule has 1 N–H and O–H groups in total. The van der Waals surface area contributed by atoms with E-state index < -0.39 is 6.04 Å². The van der Waals surface area contributed by atoms with E-state index in [1.165, 1.54) is 0 Å². The molecule has 1 atom stereocenters. The molecule has 0 saturated heterocycles. The maximum absolute atomic E-state index is 13.4. The van der Waals surface area contributed by atoms with Crippen LogP contribution >= 0.6 is 0 Å². The quantitative estimate of drug-likeness (QED) is 0.471. The maximum atomic E-state index is 13.4. The van der Waals surface area contributed by atoms with Crippen molar-refractivity contribution < 1.29 is 19.1 Å². The van der Waals surface area contributed by atoms with Gasteiger partial charge in [-0.2, -0.15) is 0 Å². The van der Waals surface area contributed by atoms with Crippen LogP contribution in [0, 0.1) is 20.8 Å². The fourth-order valence-electron chi connectivity index (χ4n) is 3.73. The highest BCUT2D eigenvalue weighted by atomic mass is 16.5. The third-order valence-electron chi connectivity index (χ3n) is 5.84. The van der Waals surface area contributed by atoms with E-state index in [4.69, 9.17) is 9.47 Å². The molecule has 33 heavy (non-hydrogen) atoms. The summed E-state index contributed by atoms with van der Waals surface area (Å²) in [6, 6.07) is 11.0. The predicted molar refractivity (Wildman–Crippen MR) is 132 cm³/mol. The molecular weight excluding hydrogens is 416 g/mol. The summed E-state index contributed by atoms with van der Waals surface area (Å²) in [4.78, 5) is 27.9. The van der Waals surface area contributed by atoms with Gasteiger partial charge in [0.1, 0.15) is 17.5 Å². The van der Waals surface area contributed by atoms with Gasteiger partial charge in [0.2, 0.25) is 5.91 Å². The largest absolute Gasteiger partial charge is 0.497 e. The Bertz CT molecular complexity index is 924. The van der Waals surface area contributed by atoms with Crippen LogP contribution in [-0.4, -0.2) is 43.0 Å². The van der Waals surface area contributed by atoms with Crippen LogP contribution in [0.4, 0.5) is 0 Å². The van der Waals surface area contributed by atoms with E-state index in [1.807, 2.05) is 58.0 Å². The normalized spacial score (nSPS) is 11.6. The second kappa shape index (κ2) is 12.9. The lowest BCUT2D eigenvalue weighted by Crippen LogP contribution is -2.50. The van der Waals surface area contributed by atoms with Crippen LogP contribution in [0.5, 0.6) is 11.5 Å². The van der Waals surface area contributed by atoms with Crippen molar-refractivity contribution in [3.63, 3.8) is 0 Å². The molecule has 0 aliphatic rings. The molecule has 6 nitrogen and oxygen atoms in total. The summed E-state index contributed by atoms with van der Waals surface area (Å²) in [6.45, 7) is 10.8. The molecule has 6 heteroatoms. The van der Waals surface area contributed by atoms with Gasteiger partial charge in [-0.05, 0) is 74.1 Å². The van der Waals surface area contributed by atoms with Gasteiger partial charge in [-0.15, -0.1) is 0 Å². The van der Waals surface area contributed by atoms with Gasteiger partial charge in [0.05, 0.1) is 7.11 Å². The number of carbonyl (C=O) groups excluding carboxylic acids is 2. The summed E-state index contributed by atoms with van der Waals surface area (Å²) in [6.07, 6.45) is 2.42. The van der Waals surface area contributed by atoms with E-state index in [1.54, 1.807) is 12.0 Å². The van der Waals surface area contributed by atoms with Crippen LogP contribution in [-0.2, 0) is 16.1 Å². The molecule has 2 aromatic rings. The zero-order valence-corrected chi connectivity index (χ0v) is 20.9. The van der Waals surface area contributed by atoms with Gasteiger partial charge in [-0.3, -0.25) is 9.59 Å². The van der Waals surface area contributed by atoms with Gasteiger partial charge >= 0.3 is 0 Å². The smallest absolute Gasteiger partial charge is 0.261 e. The predicted octanol–water partition coefficient (Wildman–Crippen LogP) is 4.72. The van der Waals surface area contributed by atoms with Gasteiger partial charge < -0.3 is 19.7 Å². The Kier molecular flexibility index (Phi) is 10.2. The number of ether oxygens (including phenoxy) is 2. The third-order valence-corrected chi connectivity index (χ3v) is 5.84. The standard InChI is InChI=1S/C27H38N2O4/c1-7-9-14-28-27(31)24(8-2)29(17-22-10-12-23(32-6)13-11-22)26(30)18-33-25-16-19(3)15-20(4)21(25)5/h10-13,15-16,24H,7-9,14,17-18H2,1-6H3,(H,28,31)/t24-/m0/s1. The molecule has 0 radical (unpaired) electrons. The van der Waals surface area contributed by atoms with Gasteiger partial charge in [0.25, 0.3) is 5.91 Å². The zero-order chi connectivity index (χ0) is 24.4. The number of aryl methyl sites for hydroxylation is 2. The molecule has 0 spiro atoms. The highest BCUT2D eigenvalue weighted by Gasteiger charge is 2.29. The molecule has 0 unspecified atom stereocenters. The molecule has 2 aromatic carbocycles. The van der Waals surface area contributed by atoms with E-state index in [0.717, 1.165) is 40.8 Å². The molecule has 2 amide bonds. The van der Waals surface area contributed by atoms with E-state index in [0.29, 0.717) is 25.3 Å². The van der Waals surface area contributed by atoms with Crippen molar-refractivity contribution in [2.45, 2.75) is 66.5 Å². The summed E-state index contributed by atoms with van der Waals surface area (Å²) >= 11 is 0. The Hall–Kier alpha value is -3.02. The van der Waals surface area contributed by atoms with E-state index >= 15 is 0 Å². The SMILES string of the molecule is CCCCNC(=O)[C@H](CC)N(Cc1ccc(OC)cc1)C(=O)COc1cc(C)cc(C)c1C. The van der Waals surface area contributed by atoms with Crippen molar-refractivity contribution in [3.05, 3.63) is 58.7 Å². The van der Waals surface area contributed by atoms with Crippen LogP contribution in [0.1, 0.15) is 55.4 Å². The van der Waals surface area contributed by atoms with Crippen LogP contribution < -0.4 is 14.8 Å². The first-order chi connectivity index (χ1) is 15.8. The molecular formula is C27H38N2O4. The minimum Gasteiger partial charge on any atom is -0.497 e. The topological polar surface area (TPSA) is 67.9 Å². The number of hydrogen-bond acceptors (Lipinski definition) is 4. The Labute approximate surface area is 198 Å². The maximum Gasteiger partial charge on any atom is 0.261 e. The zero-order valence-electron chi connectivity index (χ0n) is 20.9. The third kappa shape index (κ3) is 7.52. The number of nitrogens with zero attached hydrogens (tertiary/aromatic N) is 1. The Balaban J connectivity index is 2.23. The second-order valence-corrected chi connectivity index (χ2v) is 8.43. The number of methoxy groups -OCH3 is 1.